The highest BCUT2D eigenvalue weighted by Crippen LogP contribution is 2.37. The minimum atomic E-state index is 0.160. The van der Waals surface area contributed by atoms with E-state index >= 15 is 0 Å². The van der Waals surface area contributed by atoms with Crippen molar-refractivity contribution in [1.82, 2.24) is 15.0 Å². The summed E-state index contributed by atoms with van der Waals surface area (Å²) in [5.41, 5.74) is 0. The molecule has 1 saturated heterocycles. The number of hydrogen-bond donors (Lipinski definition) is 1. The molecule has 0 saturated carbocycles. The summed E-state index contributed by atoms with van der Waals surface area (Å²) in [4.78, 5) is 12.2. The fraction of sp³-hybridized carbons (Fsp3) is 0.750. The summed E-state index contributed by atoms with van der Waals surface area (Å²) < 4.78 is 5.64. The summed E-state index contributed by atoms with van der Waals surface area (Å²) in [6.07, 6.45) is 3.38. The van der Waals surface area contributed by atoms with Crippen molar-refractivity contribution in [2.45, 2.75) is 37.9 Å². The zero-order chi connectivity index (χ0) is 13.7. The van der Waals surface area contributed by atoms with Gasteiger partial charge >= 0.3 is 6.01 Å². The van der Waals surface area contributed by atoms with Gasteiger partial charge in [0.05, 0.1) is 6.61 Å². The van der Waals surface area contributed by atoms with E-state index < -0.39 is 0 Å². The lowest BCUT2D eigenvalue weighted by Gasteiger charge is -2.22. The van der Waals surface area contributed by atoms with Crippen molar-refractivity contribution in [2.24, 2.45) is 0 Å². The van der Waals surface area contributed by atoms with Gasteiger partial charge in [0.1, 0.15) is 0 Å². The molecule has 1 unspecified atom stereocenters. The van der Waals surface area contributed by atoms with Crippen LogP contribution in [0.5, 0.6) is 6.01 Å². The van der Waals surface area contributed by atoms with Crippen LogP contribution in [-0.2, 0) is 0 Å². The summed E-state index contributed by atoms with van der Waals surface area (Å²) in [7, 11) is 0. The van der Waals surface area contributed by atoms with Gasteiger partial charge < -0.3 is 10.1 Å². The molecule has 2 rings (SSSR count). The van der Waals surface area contributed by atoms with Crippen LogP contribution in [0, 0.1) is 0 Å². The molecule has 0 aliphatic carbocycles. The van der Waals surface area contributed by atoms with Crippen LogP contribution < -0.4 is 10.1 Å². The standard InChI is InChI=1S/C12H19ClN4OS/c1-3-6-18-11-16-9(13)15-10(17-11)14-8-12(2)5-4-7-19-12/h3-8H2,1-2H3,(H,14,15,16,17). The molecular formula is C12H19ClN4OS. The van der Waals surface area contributed by atoms with Crippen molar-refractivity contribution in [1.29, 1.82) is 0 Å². The zero-order valence-corrected chi connectivity index (χ0v) is 12.9. The molecule has 1 aliphatic rings. The lowest BCUT2D eigenvalue weighted by atomic mass is 10.1. The lowest BCUT2D eigenvalue weighted by molar-refractivity contribution is 0.291. The maximum absolute atomic E-state index is 5.87. The van der Waals surface area contributed by atoms with E-state index in [1.807, 2.05) is 18.7 Å². The number of thioether (sulfide) groups is 1. The van der Waals surface area contributed by atoms with E-state index in [0.29, 0.717) is 12.6 Å². The average molecular weight is 303 g/mol. The van der Waals surface area contributed by atoms with E-state index in [4.69, 9.17) is 16.3 Å². The predicted molar refractivity (Wildman–Crippen MR) is 79.2 cm³/mol. The van der Waals surface area contributed by atoms with Gasteiger partial charge in [0.2, 0.25) is 11.2 Å². The molecule has 2 heterocycles. The molecule has 1 atom stereocenters. The molecule has 0 amide bonds. The average Bonchev–Trinajstić information content (AvgIpc) is 2.81. The first-order valence-corrected chi connectivity index (χ1v) is 7.90. The number of nitrogens with zero attached hydrogens (tertiary/aromatic N) is 3. The Morgan fingerprint density at radius 3 is 2.95 bits per heavy atom. The maximum atomic E-state index is 5.87. The normalized spacial score (nSPS) is 22.5. The number of halogens is 1. The summed E-state index contributed by atoms with van der Waals surface area (Å²) in [6.45, 7) is 5.69. The van der Waals surface area contributed by atoms with Crippen LogP contribution in [-0.4, -0.2) is 38.6 Å². The lowest BCUT2D eigenvalue weighted by Crippen LogP contribution is -2.27. The molecule has 0 spiro atoms. The quantitative estimate of drug-likeness (QED) is 0.871. The minimum absolute atomic E-state index is 0.160. The number of anilines is 1. The molecule has 0 radical (unpaired) electrons. The molecule has 19 heavy (non-hydrogen) atoms. The van der Waals surface area contributed by atoms with Crippen molar-refractivity contribution in [3.05, 3.63) is 5.28 Å². The molecule has 7 heteroatoms. The Balaban J connectivity index is 1.97. The summed E-state index contributed by atoms with van der Waals surface area (Å²) in [5.74, 6) is 1.71. The SMILES string of the molecule is CCCOc1nc(Cl)nc(NCC2(C)CCCS2)n1. The summed E-state index contributed by atoms with van der Waals surface area (Å²) >= 11 is 7.86. The number of hydrogen-bond acceptors (Lipinski definition) is 6. The summed E-state index contributed by atoms with van der Waals surface area (Å²) in [6, 6.07) is 0.286. The van der Waals surface area contributed by atoms with Gasteiger partial charge in [-0.05, 0) is 43.5 Å². The van der Waals surface area contributed by atoms with Crippen LogP contribution in [0.4, 0.5) is 5.95 Å². The number of aromatic nitrogens is 3. The third kappa shape index (κ3) is 4.38. The first-order chi connectivity index (χ1) is 9.11. The Kier molecular flexibility index (Phi) is 5.10. The van der Waals surface area contributed by atoms with Crippen molar-refractivity contribution in [3.63, 3.8) is 0 Å². The molecule has 1 fully saturated rings. The van der Waals surface area contributed by atoms with Crippen LogP contribution in [0.1, 0.15) is 33.1 Å². The minimum Gasteiger partial charge on any atom is -0.463 e. The van der Waals surface area contributed by atoms with Gasteiger partial charge in [-0.2, -0.15) is 26.7 Å². The Labute approximate surface area is 122 Å². The monoisotopic (exact) mass is 302 g/mol. The molecule has 1 N–H and O–H groups in total. The molecule has 1 aromatic rings. The second kappa shape index (κ2) is 6.61. The number of nitrogens with one attached hydrogen (secondary N) is 1. The Morgan fingerprint density at radius 2 is 2.26 bits per heavy atom. The van der Waals surface area contributed by atoms with Gasteiger partial charge in [-0.3, -0.25) is 0 Å². The molecule has 5 nitrogen and oxygen atoms in total. The van der Waals surface area contributed by atoms with E-state index in [1.54, 1.807) is 0 Å². The topological polar surface area (TPSA) is 59.9 Å². The van der Waals surface area contributed by atoms with Crippen LogP contribution in [0.3, 0.4) is 0 Å². The van der Waals surface area contributed by atoms with E-state index in [9.17, 15) is 0 Å². The van der Waals surface area contributed by atoms with Crippen LogP contribution in [0.2, 0.25) is 5.28 Å². The Hall–Kier alpha value is -0.750. The van der Waals surface area contributed by atoms with E-state index in [1.165, 1.54) is 18.6 Å². The van der Waals surface area contributed by atoms with Gasteiger partial charge in [-0.1, -0.05) is 6.92 Å². The third-order valence-corrected chi connectivity index (χ3v) is 4.65. The molecule has 1 aliphatic heterocycles. The van der Waals surface area contributed by atoms with E-state index in [0.717, 1.165) is 13.0 Å². The van der Waals surface area contributed by atoms with Gasteiger partial charge in [0.15, 0.2) is 0 Å². The second-order valence-corrected chi connectivity index (χ2v) is 6.84. The predicted octanol–water partition coefficient (Wildman–Crippen LogP) is 3.01. The maximum Gasteiger partial charge on any atom is 0.322 e. The van der Waals surface area contributed by atoms with E-state index in [2.05, 4.69) is 27.2 Å². The first-order valence-electron chi connectivity index (χ1n) is 6.53. The van der Waals surface area contributed by atoms with Crippen LogP contribution in [0.25, 0.3) is 0 Å². The van der Waals surface area contributed by atoms with Gasteiger partial charge in [0.25, 0.3) is 0 Å². The van der Waals surface area contributed by atoms with Crippen molar-refractivity contribution in [3.8, 4) is 6.01 Å². The molecule has 1 aromatic heterocycles. The van der Waals surface area contributed by atoms with Crippen molar-refractivity contribution in [2.75, 3.05) is 24.2 Å². The van der Waals surface area contributed by atoms with Gasteiger partial charge in [-0.25, -0.2) is 0 Å². The molecule has 106 valence electrons. The number of rotatable bonds is 6. The highest BCUT2D eigenvalue weighted by Gasteiger charge is 2.29. The van der Waals surface area contributed by atoms with Gasteiger partial charge in [0, 0.05) is 11.3 Å². The van der Waals surface area contributed by atoms with Crippen LogP contribution >= 0.6 is 23.4 Å². The zero-order valence-electron chi connectivity index (χ0n) is 11.3. The van der Waals surface area contributed by atoms with Crippen molar-refractivity contribution < 1.29 is 4.74 Å². The third-order valence-electron chi connectivity index (χ3n) is 2.94. The van der Waals surface area contributed by atoms with Crippen LogP contribution in [0.15, 0.2) is 0 Å². The fourth-order valence-electron chi connectivity index (χ4n) is 1.91. The highest BCUT2D eigenvalue weighted by molar-refractivity contribution is 8.00. The first kappa shape index (κ1) is 14.7. The largest absolute Gasteiger partial charge is 0.463 e. The number of ether oxygens (including phenoxy) is 1. The van der Waals surface area contributed by atoms with Gasteiger partial charge in [-0.15, -0.1) is 0 Å². The highest BCUT2D eigenvalue weighted by atomic mass is 35.5. The Bertz CT molecular complexity index is 426. The Morgan fingerprint density at radius 1 is 1.42 bits per heavy atom. The van der Waals surface area contributed by atoms with E-state index in [-0.39, 0.29) is 16.0 Å². The molecule has 0 aromatic carbocycles. The second-order valence-electron chi connectivity index (χ2n) is 4.81. The fourth-order valence-corrected chi connectivity index (χ4v) is 3.31. The smallest absolute Gasteiger partial charge is 0.322 e. The molecule has 0 bridgehead atoms. The molecular weight excluding hydrogens is 284 g/mol. The van der Waals surface area contributed by atoms with Crippen molar-refractivity contribution >= 4 is 29.3 Å². The summed E-state index contributed by atoms with van der Waals surface area (Å²) in [5, 5.41) is 3.40.